The molecule has 0 amide bonds. The highest BCUT2D eigenvalue weighted by atomic mass is 32.2. The maximum atomic E-state index is 12.5. The van der Waals surface area contributed by atoms with E-state index in [-0.39, 0.29) is 24.5 Å². The van der Waals surface area contributed by atoms with Crippen molar-refractivity contribution in [1.29, 1.82) is 0 Å². The molecule has 0 aliphatic carbocycles. The van der Waals surface area contributed by atoms with Gasteiger partial charge in [-0.25, -0.2) is 0 Å². The van der Waals surface area contributed by atoms with Crippen LogP contribution in [0.25, 0.3) is 0 Å². The van der Waals surface area contributed by atoms with E-state index in [1.165, 1.54) is 24.3 Å². The summed E-state index contributed by atoms with van der Waals surface area (Å²) in [5.74, 6) is -2.72. The highest BCUT2D eigenvalue weighted by Gasteiger charge is 2.35. The van der Waals surface area contributed by atoms with Crippen molar-refractivity contribution in [2.45, 2.75) is 25.5 Å². The molecular weight excluding hydrogens is 398 g/mol. The molecule has 0 radical (unpaired) electrons. The van der Waals surface area contributed by atoms with Crippen molar-refractivity contribution >= 4 is 22.1 Å². The molecule has 2 unspecified atom stereocenters. The van der Waals surface area contributed by atoms with Crippen molar-refractivity contribution in [2.75, 3.05) is 12.9 Å². The van der Waals surface area contributed by atoms with Gasteiger partial charge in [0.05, 0.1) is 12.9 Å². The first-order chi connectivity index (χ1) is 13.7. The molecule has 2 aromatic carbocycles. The van der Waals surface area contributed by atoms with E-state index in [1.807, 2.05) is 6.07 Å². The lowest BCUT2D eigenvalue weighted by Crippen LogP contribution is -2.42. The maximum absolute atomic E-state index is 12.5. The number of benzene rings is 2. The summed E-state index contributed by atoms with van der Waals surface area (Å²) in [5.41, 5.74) is 7.07. The minimum Gasteiger partial charge on any atom is -0.465 e. The third-order valence-corrected chi connectivity index (χ3v) is 4.36. The van der Waals surface area contributed by atoms with Gasteiger partial charge in [0.2, 0.25) is 0 Å². The molecule has 2 aromatic rings. The fourth-order valence-electron chi connectivity index (χ4n) is 2.62. The zero-order valence-electron chi connectivity index (χ0n) is 16.1. The van der Waals surface area contributed by atoms with Crippen molar-refractivity contribution in [3.8, 4) is 5.75 Å². The summed E-state index contributed by atoms with van der Waals surface area (Å²) in [4.78, 5) is 25.0. The molecule has 0 fully saturated rings. The van der Waals surface area contributed by atoms with E-state index in [0.29, 0.717) is 0 Å². The zero-order valence-corrected chi connectivity index (χ0v) is 16.9. The first kappa shape index (κ1) is 22.4. The zero-order chi connectivity index (χ0) is 21.4. The molecule has 2 rings (SSSR count). The molecule has 0 spiro atoms. The Morgan fingerprint density at radius 2 is 1.69 bits per heavy atom. The van der Waals surface area contributed by atoms with Gasteiger partial charge in [-0.1, -0.05) is 42.5 Å². The summed E-state index contributed by atoms with van der Waals surface area (Å²) < 4.78 is 37.9. The first-order valence-corrected chi connectivity index (χ1v) is 10.6. The molecule has 0 saturated heterocycles. The molecule has 29 heavy (non-hydrogen) atoms. The van der Waals surface area contributed by atoms with E-state index in [4.69, 9.17) is 19.4 Å². The summed E-state index contributed by atoms with van der Waals surface area (Å²) in [6.45, 7) is 1.71. The van der Waals surface area contributed by atoms with Crippen LogP contribution in [0, 0.1) is 0 Å². The number of esters is 2. The van der Waals surface area contributed by atoms with Crippen LogP contribution in [0.5, 0.6) is 5.75 Å². The lowest BCUT2D eigenvalue weighted by molar-refractivity contribution is -0.154. The quantitative estimate of drug-likeness (QED) is 0.480. The van der Waals surface area contributed by atoms with Gasteiger partial charge in [-0.15, -0.1) is 0 Å². The van der Waals surface area contributed by atoms with Crippen molar-refractivity contribution in [3.05, 3.63) is 65.7 Å². The van der Waals surface area contributed by atoms with Crippen LogP contribution in [0.2, 0.25) is 0 Å². The van der Waals surface area contributed by atoms with Gasteiger partial charge in [-0.3, -0.25) is 9.59 Å². The molecular formula is C20H23NO7S. The fourth-order valence-corrected chi connectivity index (χ4v) is 3.07. The van der Waals surface area contributed by atoms with E-state index in [9.17, 15) is 18.0 Å². The normalized spacial score (nSPS) is 13.2. The molecule has 2 atom stereocenters. The predicted molar refractivity (Wildman–Crippen MR) is 106 cm³/mol. The molecule has 8 nitrogen and oxygen atoms in total. The maximum Gasteiger partial charge on any atom is 0.324 e. The second kappa shape index (κ2) is 10.0. The fraction of sp³-hybridized carbons (Fsp3) is 0.300. The van der Waals surface area contributed by atoms with Crippen LogP contribution in [-0.2, 0) is 35.8 Å². The van der Waals surface area contributed by atoms with Gasteiger partial charge in [-0.05, 0) is 30.2 Å². The van der Waals surface area contributed by atoms with Gasteiger partial charge in [0.25, 0.3) is 0 Å². The Hall–Kier alpha value is -2.91. The topological polar surface area (TPSA) is 122 Å². The number of hydrogen-bond donors (Lipinski definition) is 1. The Balaban J connectivity index is 2.24. The minimum atomic E-state index is -3.76. The highest BCUT2D eigenvalue weighted by Crippen LogP contribution is 2.26. The van der Waals surface area contributed by atoms with E-state index in [0.717, 1.165) is 11.8 Å². The molecule has 0 aromatic heterocycles. The van der Waals surface area contributed by atoms with Gasteiger partial charge in [0.15, 0.2) is 0 Å². The van der Waals surface area contributed by atoms with Gasteiger partial charge in [-0.2, -0.15) is 8.42 Å². The summed E-state index contributed by atoms with van der Waals surface area (Å²) >= 11 is 0. The van der Waals surface area contributed by atoms with Crippen LogP contribution in [0.3, 0.4) is 0 Å². The molecule has 2 N–H and O–H groups in total. The minimum absolute atomic E-state index is 0.000147. The number of nitrogens with two attached hydrogens (primary N) is 1. The van der Waals surface area contributed by atoms with Crippen LogP contribution < -0.4 is 9.92 Å². The van der Waals surface area contributed by atoms with Gasteiger partial charge < -0.3 is 19.4 Å². The highest BCUT2D eigenvalue weighted by molar-refractivity contribution is 7.86. The monoisotopic (exact) mass is 421 g/mol. The van der Waals surface area contributed by atoms with Crippen LogP contribution in [0.4, 0.5) is 0 Å². The van der Waals surface area contributed by atoms with Crippen molar-refractivity contribution in [3.63, 3.8) is 0 Å². The summed E-state index contributed by atoms with van der Waals surface area (Å²) in [5, 5.41) is 0. The van der Waals surface area contributed by atoms with Crippen molar-refractivity contribution in [2.24, 2.45) is 5.73 Å². The molecule has 0 heterocycles. The van der Waals surface area contributed by atoms with Gasteiger partial charge in [0, 0.05) is 0 Å². The van der Waals surface area contributed by atoms with Crippen LogP contribution >= 0.6 is 0 Å². The van der Waals surface area contributed by atoms with E-state index >= 15 is 0 Å². The van der Waals surface area contributed by atoms with E-state index in [2.05, 4.69) is 0 Å². The molecule has 0 bridgehead atoms. The largest absolute Gasteiger partial charge is 0.465 e. The van der Waals surface area contributed by atoms with Gasteiger partial charge in [0.1, 0.15) is 24.3 Å². The predicted octanol–water partition coefficient (Wildman–Crippen LogP) is 1.74. The van der Waals surface area contributed by atoms with Crippen LogP contribution in [0.15, 0.2) is 54.6 Å². The van der Waals surface area contributed by atoms with Crippen molar-refractivity contribution < 1.29 is 31.7 Å². The Bertz CT molecular complexity index is 944. The second-order valence-electron chi connectivity index (χ2n) is 6.21. The average Bonchev–Trinajstić information content (AvgIpc) is 2.66. The first-order valence-electron chi connectivity index (χ1n) is 8.83. The second-order valence-corrected chi connectivity index (χ2v) is 7.78. The number of rotatable bonds is 9. The smallest absolute Gasteiger partial charge is 0.324 e. The lowest BCUT2D eigenvalue weighted by Gasteiger charge is -2.22. The Morgan fingerprint density at radius 1 is 1.00 bits per heavy atom. The lowest BCUT2D eigenvalue weighted by atomic mass is 9.91. The Morgan fingerprint density at radius 3 is 2.31 bits per heavy atom. The van der Waals surface area contributed by atoms with E-state index in [1.54, 1.807) is 31.2 Å². The van der Waals surface area contributed by atoms with Crippen LogP contribution in [0.1, 0.15) is 24.0 Å². The molecule has 0 aliphatic rings. The van der Waals surface area contributed by atoms with E-state index < -0.39 is 34.0 Å². The number of ether oxygens (including phenoxy) is 2. The Labute approximate surface area is 169 Å². The summed E-state index contributed by atoms with van der Waals surface area (Å²) in [6, 6.07) is 13.4. The average molecular weight is 421 g/mol. The van der Waals surface area contributed by atoms with Crippen molar-refractivity contribution in [1.82, 2.24) is 0 Å². The number of hydrogen-bond acceptors (Lipinski definition) is 8. The van der Waals surface area contributed by atoms with Crippen LogP contribution in [-0.4, -0.2) is 39.3 Å². The third-order valence-electron chi connectivity index (χ3n) is 3.86. The molecule has 9 heteroatoms. The number of carbonyl (C=O) groups is 2. The molecule has 156 valence electrons. The summed E-state index contributed by atoms with van der Waals surface area (Å²) in [7, 11) is -3.76. The Kier molecular flexibility index (Phi) is 7.74. The third kappa shape index (κ3) is 6.88. The molecule has 0 aliphatic heterocycles. The molecule has 0 saturated carbocycles. The standard InChI is InChI=1S/C20H23NO7S/c1-3-26-19(22)17(15-10-7-11-16(12-15)28-29(2,24)25)18(21)20(23)27-13-14-8-5-4-6-9-14/h4-12,17-18H,3,13,21H2,1-2H3. The number of carbonyl (C=O) groups excluding carboxylic acids is 2. The SMILES string of the molecule is CCOC(=O)C(c1cccc(OS(C)(=O)=O)c1)C(N)C(=O)OCc1ccccc1. The van der Waals surface area contributed by atoms with Gasteiger partial charge >= 0.3 is 22.1 Å². The summed E-state index contributed by atoms with van der Waals surface area (Å²) in [6.07, 6.45) is 0.898.